The number of carbonyl (C=O) groups excluding carboxylic acids is 1. The minimum absolute atomic E-state index is 0.297. The van der Waals surface area contributed by atoms with Gasteiger partial charge in [0, 0.05) is 0 Å². The second-order valence-corrected chi connectivity index (χ2v) is 2.51. The Morgan fingerprint density at radius 2 is 2.23 bits per heavy atom. The molecule has 4 heteroatoms. The summed E-state index contributed by atoms with van der Waals surface area (Å²) in [5, 5.41) is 0. The van der Waals surface area contributed by atoms with Gasteiger partial charge in [-0.1, -0.05) is 6.07 Å². The van der Waals surface area contributed by atoms with Crippen LogP contribution in [0.25, 0.3) is 0 Å². The fourth-order valence-corrected chi connectivity index (χ4v) is 1.04. The number of primary amides is 1. The molecule has 0 aromatic heterocycles. The Morgan fingerprint density at radius 1 is 1.54 bits per heavy atom. The molecule has 70 valence electrons. The zero-order chi connectivity index (χ0) is 9.84. The van der Waals surface area contributed by atoms with Crippen molar-refractivity contribution in [3.05, 3.63) is 23.8 Å². The Hall–Kier alpha value is -1.71. The number of hydrogen-bond acceptors (Lipinski definition) is 3. The number of nitrogen functional groups attached to an aromatic ring is 1. The molecule has 0 aliphatic heterocycles. The number of anilines is 1. The van der Waals surface area contributed by atoms with Crippen LogP contribution >= 0.6 is 0 Å². The second kappa shape index (κ2) is 3.80. The first-order valence-electron chi connectivity index (χ1n) is 3.98. The molecule has 0 aliphatic rings. The predicted octanol–water partition coefficient (Wildman–Crippen LogP) is 0.766. The quantitative estimate of drug-likeness (QED) is 0.674. The molecular formula is C9H12N2O2. The monoisotopic (exact) mass is 180 g/mol. The molecule has 1 amide bonds. The van der Waals surface area contributed by atoms with Crippen molar-refractivity contribution >= 4 is 11.6 Å². The molecule has 0 spiro atoms. The van der Waals surface area contributed by atoms with E-state index in [1.165, 1.54) is 0 Å². The molecule has 0 atom stereocenters. The van der Waals surface area contributed by atoms with Gasteiger partial charge in [0.2, 0.25) is 0 Å². The summed E-state index contributed by atoms with van der Waals surface area (Å²) in [4.78, 5) is 10.9. The molecule has 0 heterocycles. The third-order valence-corrected chi connectivity index (χ3v) is 1.63. The number of benzene rings is 1. The largest absolute Gasteiger partial charge is 0.492 e. The second-order valence-electron chi connectivity index (χ2n) is 2.51. The van der Waals surface area contributed by atoms with Crippen LogP contribution in [0.5, 0.6) is 5.75 Å². The molecule has 13 heavy (non-hydrogen) atoms. The van der Waals surface area contributed by atoms with Crippen molar-refractivity contribution in [3.63, 3.8) is 0 Å². The van der Waals surface area contributed by atoms with E-state index < -0.39 is 5.91 Å². The van der Waals surface area contributed by atoms with Gasteiger partial charge in [-0.15, -0.1) is 0 Å². The zero-order valence-electron chi connectivity index (χ0n) is 7.41. The van der Waals surface area contributed by atoms with Gasteiger partial charge in [-0.3, -0.25) is 4.79 Å². The highest BCUT2D eigenvalue weighted by atomic mass is 16.5. The van der Waals surface area contributed by atoms with Gasteiger partial charge in [-0.05, 0) is 19.1 Å². The summed E-state index contributed by atoms with van der Waals surface area (Å²) in [5.74, 6) is -0.0437. The van der Waals surface area contributed by atoms with Crippen molar-refractivity contribution in [2.24, 2.45) is 5.73 Å². The minimum Gasteiger partial charge on any atom is -0.492 e. The van der Waals surface area contributed by atoms with E-state index in [0.717, 1.165) is 0 Å². The van der Waals surface area contributed by atoms with Crippen LogP contribution < -0.4 is 16.2 Å². The fraction of sp³-hybridized carbons (Fsp3) is 0.222. The van der Waals surface area contributed by atoms with E-state index in [1.807, 2.05) is 6.92 Å². The van der Waals surface area contributed by atoms with Crippen molar-refractivity contribution in [1.29, 1.82) is 0 Å². The molecule has 0 saturated heterocycles. The number of nitrogens with two attached hydrogens (primary N) is 2. The maximum atomic E-state index is 10.9. The molecule has 0 saturated carbocycles. The van der Waals surface area contributed by atoms with Gasteiger partial charge >= 0.3 is 0 Å². The lowest BCUT2D eigenvalue weighted by Crippen LogP contribution is -2.14. The highest BCUT2D eigenvalue weighted by Crippen LogP contribution is 2.24. The topological polar surface area (TPSA) is 78.3 Å². The maximum Gasteiger partial charge on any atom is 0.250 e. The molecule has 0 radical (unpaired) electrons. The number of carbonyl (C=O) groups is 1. The van der Waals surface area contributed by atoms with Crippen LogP contribution in [0.4, 0.5) is 5.69 Å². The lowest BCUT2D eigenvalue weighted by molar-refractivity contribution is 0.100. The number of amides is 1. The van der Waals surface area contributed by atoms with Gasteiger partial charge in [-0.25, -0.2) is 0 Å². The van der Waals surface area contributed by atoms with E-state index in [2.05, 4.69) is 0 Å². The standard InChI is InChI=1S/C9H12N2O2/c1-2-13-7-5-3-4-6(8(7)10)9(11)12/h3-5H,2,10H2,1H3,(H2,11,12). The molecule has 4 N–H and O–H groups in total. The first-order valence-corrected chi connectivity index (χ1v) is 3.98. The predicted molar refractivity (Wildman–Crippen MR) is 50.5 cm³/mol. The van der Waals surface area contributed by atoms with Crippen molar-refractivity contribution in [3.8, 4) is 5.75 Å². The summed E-state index contributed by atoms with van der Waals surface area (Å²) in [6.07, 6.45) is 0. The van der Waals surface area contributed by atoms with E-state index in [1.54, 1.807) is 18.2 Å². The summed E-state index contributed by atoms with van der Waals surface area (Å²) in [6.45, 7) is 2.35. The van der Waals surface area contributed by atoms with E-state index >= 15 is 0 Å². The highest BCUT2D eigenvalue weighted by Gasteiger charge is 2.09. The van der Waals surface area contributed by atoms with Gasteiger partial charge < -0.3 is 16.2 Å². The molecule has 1 aromatic rings. The molecule has 0 bridgehead atoms. The van der Waals surface area contributed by atoms with Crippen molar-refractivity contribution in [1.82, 2.24) is 0 Å². The number of ether oxygens (including phenoxy) is 1. The average molecular weight is 180 g/mol. The summed E-state index contributed by atoms with van der Waals surface area (Å²) in [5.41, 5.74) is 11.3. The van der Waals surface area contributed by atoms with Crippen LogP contribution in [-0.2, 0) is 0 Å². The molecule has 4 nitrogen and oxygen atoms in total. The van der Waals surface area contributed by atoms with E-state index in [0.29, 0.717) is 23.6 Å². The lowest BCUT2D eigenvalue weighted by atomic mass is 10.1. The van der Waals surface area contributed by atoms with Gasteiger partial charge in [0.15, 0.2) is 0 Å². The summed E-state index contributed by atoms with van der Waals surface area (Å²) >= 11 is 0. The van der Waals surface area contributed by atoms with E-state index in [-0.39, 0.29) is 0 Å². The molecule has 1 rings (SSSR count). The van der Waals surface area contributed by atoms with E-state index in [9.17, 15) is 4.79 Å². The van der Waals surface area contributed by atoms with Crippen LogP contribution in [0, 0.1) is 0 Å². The number of hydrogen-bond donors (Lipinski definition) is 2. The third-order valence-electron chi connectivity index (χ3n) is 1.63. The smallest absolute Gasteiger partial charge is 0.250 e. The molecule has 0 unspecified atom stereocenters. The summed E-state index contributed by atoms with van der Waals surface area (Å²) in [6, 6.07) is 4.95. The fourth-order valence-electron chi connectivity index (χ4n) is 1.04. The zero-order valence-corrected chi connectivity index (χ0v) is 7.41. The Balaban J connectivity index is 3.10. The van der Waals surface area contributed by atoms with Crippen molar-refractivity contribution in [2.75, 3.05) is 12.3 Å². The molecule has 0 fully saturated rings. The van der Waals surface area contributed by atoms with Crippen LogP contribution in [0.15, 0.2) is 18.2 Å². The molecule has 1 aromatic carbocycles. The third kappa shape index (κ3) is 1.90. The van der Waals surface area contributed by atoms with E-state index in [4.69, 9.17) is 16.2 Å². The first-order chi connectivity index (χ1) is 6.16. The SMILES string of the molecule is CCOc1cccc(C(N)=O)c1N. The van der Waals surface area contributed by atoms with Crippen molar-refractivity contribution < 1.29 is 9.53 Å². The van der Waals surface area contributed by atoms with Gasteiger partial charge in [0.05, 0.1) is 17.9 Å². The average Bonchev–Trinajstić information content (AvgIpc) is 2.08. The van der Waals surface area contributed by atoms with Gasteiger partial charge in [-0.2, -0.15) is 0 Å². The number of rotatable bonds is 3. The first kappa shape index (κ1) is 9.38. The number of para-hydroxylation sites is 1. The molecule has 0 aliphatic carbocycles. The Morgan fingerprint density at radius 3 is 2.77 bits per heavy atom. The Kier molecular flexibility index (Phi) is 2.74. The van der Waals surface area contributed by atoms with Crippen LogP contribution in [-0.4, -0.2) is 12.5 Å². The van der Waals surface area contributed by atoms with Gasteiger partial charge in [0.25, 0.3) is 5.91 Å². The van der Waals surface area contributed by atoms with Crippen LogP contribution in [0.1, 0.15) is 17.3 Å². The highest BCUT2D eigenvalue weighted by molar-refractivity contribution is 5.99. The summed E-state index contributed by atoms with van der Waals surface area (Å²) < 4.78 is 5.19. The Bertz CT molecular complexity index is 323. The maximum absolute atomic E-state index is 10.9. The summed E-state index contributed by atoms with van der Waals surface area (Å²) in [7, 11) is 0. The minimum atomic E-state index is -0.543. The normalized spacial score (nSPS) is 9.62. The van der Waals surface area contributed by atoms with Crippen LogP contribution in [0.3, 0.4) is 0 Å². The van der Waals surface area contributed by atoms with Crippen LogP contribution in [0.2, 0.25) is 0 Å². The lowest BCUT2D eigenvalue weighted by Gasteiger charge is -2.08. The van der Waals surface area contributed by atoms with Crippen molar-refractivity contribution in [2.45, 2.75) is 6.92 Å². The Labute approximate surface area is 76.5 Å². The van der Waals surface area contributed by atoms with Gasteiger partial charge in [0.1, 0.15) is 5.75 Å². The molecular weight excluding hydrogens is 168 g/mol.